The number of halogens is 1. The molecule has 2 aliphatic rings. The largest absolute Gasteiger partial charge is 0.384 e. The predicted octanol–water partition coefficient (Wildman–Crippen LogP) is 3.50. The molecule has 1 aliphatic heterocycles. The Morgan fingerprint density at radius 1 is 1.26 bits per heavy atom. The highest BCUT2D eigenvalue weighted by molar-refractivity contribution is 9.10. The molecule has 2 unspecified atom stereocenters. The summed E-state index contributed by atoms with van der Waals surface area (Å²) in [7, 11) is 0. The molecule has 1 aromatic rings. The standard InChI is InChI=1S/C15H20BrN3/c16-11-6-2-8-13(14(11)15(17)18)19-9-3-5-10-4-1-7-12(10)19/h2,6,8,10,12H,1,3-5,7,9H2,(H3,17,18). The molecule has 102 valence electrons. The van der Waals surface area contributed by atoms with E-state index in [4.69, 9.17) is 11.1 Å². The van der Waals surface area contributed by atoms with Gasteiger partial charge in [0.1, 0.15) is 5.84 Å². The predicted molar refractivity (Wildman–Crippen MR) is 82.9 cm³/mol. The fraction of sp³-hybridized carbons (Fsp3) is 0.533. The lowest BCUT2D eigenvalue weighted by Crippen LogP contribution is -2.43. The Hall–Kier alpha value is -1.03. The number of piperidine rings is 1. The van der Waals surface area contributed by atoms with Gasteiger partial charge in [-0.2, -0.15) is 0 Å². The first-order valence-electron chi connectivity index (χ1n) is 7.08. The third-order valence-electron chi connectivity index (χ3n) is 4.56. The van der Waals surface area contributed by atoms with E-state index in [9.17, 15) is 0 Å². The van der Waals surface area contributed by atoms with Gasteiger partial charge in [0.15, 0.2) is 0 Å². The third kappa shape index (κ3) is 2.27. The van der Waals surface area contributed by atoms with E-state index in [1.54, 1.807) is 0 Å². The topological polar surface area (TPSA) is 53.1 Å². The molecule has 3 N–H and O–H groups in total. The van der Waals surface area contributed by atoms with Crippen LogP contribution in [-0.4, -0.2) is 18.4 Å². The first kappa shape index (κ1) is 13.0. The number of amidine groups is 1. The molecule has 19 heavy (non-hydrogen) atoms. The summed E-state index contributed by atoms with van der Waals surface area (Å²) in [5, 5.41) is 7.85. The van der Waals surface area contributed by atoms with Crippen molar-refractivity contribution in [1.82, 2.24) is 0 Å². The summed E-state index contributed by atoms with van der Waals surface area (Å²) < 4.78 is 0.928. The van der Waals surface area contributed by atoms with Crippen LogP contribution >= 0.6 is 15.9 Å². The van der Waals surface area contributed by atoms with Crippen LogP contribution in [0.1, 0.15) is 37.7 Å². The van der Waals surface area contributed by atoms with Gasteiger partial charge in [0.25, 0.3) is 0 Å². The molecule has 2 atom stereocenters. The van der Waals surface area contributed by atoms with Crippen LogP contribution in [0.15, 0.2) is 22.7 Å². The van der Waals surface area contributed by atoms with Gasteiger partial charge in [-0.3, -0.25) is 5.41 Å². The van der Waals surface area contributed by atoms with Crippen LogP contribution in [0.25, 0.3) is 0 Å². The second kappa shape index (κ2) is 5.16. The zero-order chi connectivity index (χ0) is 13.4. The number of hydrogen-bond acceptors (Lipinski definition) is 2. The van der Waals surface area contributed by atoms with Crippen LogP contribution < -0.4 is 10.6 Å². The van der Waals surface area contributed by atoms with Crippen LogP contribution in [0, 0.1) is 11.3 Å². The number of anilines is 1. The van der Waals surface area contributed by atoms with Gasteiger partial charge < -0.3 is 10.6 Å². The minimum Gasteiger partial charge on any atom is -0.384 e. The van der Waals surface area contributed by atoms with Crippen molar-refractivity contribution >= 4 is 27.5 Å². The van der Waals surface area contributed by atoms with E-state index in [1.165, 1.54) is 32.1 Å². The van der Waals surface area contributed by atoms with Crippen molar-refractivity contribution in [2.75, 3.05) is 11.4 Å². The number of nitrogens with zero attached hydrogens (tertiary/aromatic N) is 1. The maximum atomic E-state index is 7.85. The highest BCUT2D eigenvalue weighted by Crippen LogP contribution is 2.41. The lowest BCUT2D eigenvalue weighted by atomic mass is 9.91. The smallest absolute Gasteiger partial charge is 0.126 e. The summed E-state index contributed by atoms with van der Waals surface area (Å²) in [6, 6.07) is 6.78. The molecule has 3 nitrogen and oxygen atoms in total. The van der Waals surface area contributed by atoms with Crippen molar-refractivity contribution in [2.45, 2.75) is 38.1 Å². The summed E-state index contributed by atoms with van der Waals surface area (Å²) in [4.78, 5) is 2.50. The summed E-state index contributed by atoms with van der Waals surface area (Å²) in [6.45, 7) is 1.10. The van der Waals surface area contributed by atoms with E-state index in [0.29, 0.717) is 6.04 Å². The Kier molecular flexibility index (Phi) is 3.52. The van der Waals surface area contributed by atoms with Crippen molar-refractivity contribution in [3.05, 3.63) is 28.2 Å². The highest BCUT2D eigenvalue weighted by atomic mass is 79.9. The Morgan fingerprint density at radius 2 is 2.05 bits per heavy atom. The first-order chi connectivity index (χ1) is 9.18. The van der Waals surface area contributed by atoms with Crippen molar-refractivity contribution < 1.29 is 0 Å². The van der Waals surface area contributed by atoms with Gasteiger partial charge in [-0.1, -0.05) is 12.5 Å². The number of hydrogen-bond donors (Lipinski definition) is 2. The maximum absolute atomic E-state index is 7.85. The lowest BCUT2D eigenvalue weighted by molar-refractivity contribution is 0.362. The zero-order valence-electron chi connectivity index (χ0n) is 11.0. The molecule has 0 aromatic heterocycles. The minimum atomic E-state index is 0.155. The number of nitrogen functional groups attached to an aromatic ring is 1. The molecular weight excluding hydrogens is 302 g/mol. The molecule has 4 heteroatoms. The van der Waals surface area contributed by atoms with Crippen LogP contribution in [0.5, 0.6) is 0 Å². The molecule has 1 heterocycles. The van der Waals surface area contributed by atoms with E-state index in [-0.39, 0.29) is 5.84 Å². The van der Waals surface area contributed by atoms with E-state index in [2.05, 4.69) is 26.9 Å². The third-order valence-corrected chi connectivity index (χ3v) is 5.22. The summed E-state index contributed by atoms with van der Waals surface area (Å²) in [5.41, 5.74) is 7.78. The molecule has 2 fully saturated rings. The van der Waals surface area contributed by atoms with Gasteiger partial charge in [0.2, 0.25) is 0 Å². The maximum Gasteiger partial charge on any atom is 0.126 e. The van der Waals surface area contributed by atoms with Crippen LogP contribution in [0.4, 0.5) is 5.69 Å². The number of nitrogens with two attached hydrogens (primary N) is 1. The molecule has 0 radical (unpaired) electrons. The molecule has 0 bridgehead atoms. The Bertz CT molecular complexity index is 500. The van der Waals surface area contributed by atoms with Gasteiger partial charge in [-0.15, -0.1) is 0 Å². The lowest BCUT2D eigenvalue weighted by Gasteiger charge is -2.40. The van der Waals surface area contributed by atoms with E-state index in [0.717, 1.165) is 28.2 Å². The minimum absolute atomic E-state index is 0.155. The second-order valence-corrected chi connectivity index (χ2v) is 6.50. The van der Waals surface area contributed by atoms with Gasteiger partial charge in [-0.05, 0) is 59.7 Å². The van der Waals surface area contributed by atoms with Crippen molar-refractivity contribution in [2.24, 2.45) is 11.7 Å². The van der Waals surface area contributed by atoms with Crippen LogP contribution in [-0.2, 0) is 0 Å². The fourth-order valence-corrected chi connectivity index (χ4v) is 4.34. The molecule has 3 rings (SSSR count). The molecule has 1 aromatic carbocycles. The van der Waals surface area contributed by atoms with Crippen LogP contribution in [0.3, 0.4) is 0 Å². The quantitative estimate of drug-likeness (QED) is 0.647. The number of fused-ring (bicyclic) bond motifs is 1. The molecule has 1 aliphatic carbocycles. The van der Waals surface area contributed by atoms with E-state index < -0.39 is 0 Å². The monoisotopic (exact) mass is 321 g/mol. The SMILES string of the molecule is N=C(N)c1c(Br)cccc1N1CCCC2CCCC21. The Balaban J connectivity index is 2.01. The molecule has 0 amide bonds. The first-order valence-corrected chi connectivity index (χ1v) is 7.87. The highest BCUT2D eigenvalue weighted by Gasteiger charge is 2.36. The summed E-state index contributed by atoms with van der Waals surface area (Å²) in [5.74, 6) is 0.995. The normalized spacial score (nSPS) is 26.3. The molecule has 0 spiro atoms. The van der Waals surface area contributed by atoms with Crippen molar-refractivity contribution in [3.63, 3.8) is 0 Å². The number of rotatable bonds is 2. The van der Waals surface area contributed by atoms with E-state index in [1.807, 2.05) is 12.1 Å². The van der Waals surface area contributed by atoms with Gasteiger partial charge >= 0.3 is 0 Å². The summed E-state index contributed by atoms with van der Waals surface area (Å²) in [6.07, 6.45) is 6.62. The number of benzene rings is 1. The van der Waals surface area contributed by atoms with Gasteiger partial charge in [-0.25, -0.2) is 0 Å². The average Bonchev–Trinajstić information content (AvgIpc) is 2.85. The van der Waals surface area contributed by atoms with Crippen LogP contribution in [0.2, 0.25) is 0 Å². The van der Waals surface area contributed by atoms with E-state index >= 15 is 0 Å². The molecule has 1 saturated heterocycles. The van der Waals surface area contributed by atoms with Crippen molar-refractivity contribution in [1.29, 1.82) is 5.41 Å². The summed E-state index contributed by atoms with van der Waals surface area (Å²) >= 11 is 3.54. The Labute approximate surface area is 122 Å². The van der Waals surface area contributed by atoms with Crippen molar-refractivity contribution in [3.8, 4) is 0 Å². The second-order valence-electron chi connectivity index (χ2n) is 5.64. The van der Waals surface area contributed by atoms with Gasteiger partial charge in [0, 0.05) is 22.7 Å². The number of nitrogens with one attached hydrogen (secondary N) is 1. The molecular formula is C15H20BrN3. The molecule has 1 saturated carbocycles. The fourth-order valence-electron chi connectivity index (χ4n) is 3.77. The average molecular weight is 322 g/mol. The van der Waals surface area contributed by atoms with Gasteiger partial charge in [0.05, 0.1) is 5.56 Å². The Morgan fingerprint density at radius 3 is 2.84 bits per heavy atom. The zero-order valence-corrected chi connectivity index (χ0v) is 12.6.